The average Bonchev–Trinajstić information content (AvgIpc) is 2.67. The Hall–Kier alpha value is -2.70. The van der Waals surface area contributed by atoms with E-state index in [0.29, 0.717) is 12.2 Å². The maximum Gasteiger partial charge on any atom is 0.347 e. The molecule has 0 bridgehead atoms. The molecule has 0 heterocycles. The number of nitro benzene ring substituents is 1. The van der Waals surface area contributed by atoms with Crippen LogP contribution in [-0.4, -0.2) is 23.5 Å². The van der Waals surface area contributed by atoms with Crippen LogP contribution in [0.15, 0.2) is 54.6 Å². The van der Waals surface area contributed by atoms with Gasteiger partial charge in [0.1, 0.15) is 11.8 Å². The molecule has 0 radical (unpaired) electrons. The SMILES string of the molecule is CC(NP(=O)(Oc1ccccc1)c1ccc([N+](=O)[O-])cc1)C(=O)OCCC(C)(C)C. The minimum Gasteiger partial charge on any atom is -0.465 e. The third-order valence-electron chi connectivity index (χ3n) is 4.19. The van der Waals surface area contributed by atoms with E-state index in [1.165, 1.54) is 31.2 Å². The van der Waals surface area contributed by atoms with Gasteiger partial charge in [-0.2, -0.15) is 0 Å². The van der Waals surface area contributed by atoms with Crippen molar-refractivity contribution in [3.63, 3.8) is 0 Å². The highest BCUT2D eigenvalue weighted by Gasteiger charge is 2.33. The summed E-state index contributed by atoms with van der Waals surface area (Å²) in [5.74, 6) is -0.224. The number of nitro groups is 1. The van der Waals surface area contributed by atoms with Gasteiger partial charge in [0.15, 0.2) is 0 Å². The highest BCUT2D eigenvalue weighted by atomic mass is 31.2. The molecule has 2 aromatic carbocycles. The van der Waals surface area contributed by atoms with Crippen LogP contribution in [0.25, 0.3) is 0 Å². The molecule has 0 saturated heterocycles. The second-order valence-electron chi connectivity index (χ2n) is 8.06. The number of esters is 1. The van der Waals surface area contributed by atoms with Crippen LogP contribution >= 0.6 is 7.52 Å². The number of carbonyl (C=O) groups excluding carboxylic acids is 1. The molecular weight excluding hydrogens is 407 g/mol. The summed E-state index contributed by atoms with van der Waals surface area (Å²) in [5.41, 5.74) is -0.124. The topological polar surface area (TPSA) is 108 Å². The lowest BCUT2D eigenvalue weighted by Gasteiger charge is -2.24. The molecule has 2 aromatic rings. The molecule has 0 aliphatic carbocycles. The fraction of sp³-hybridized carbons (Fsp3) is 0.381. The number of carbonyl (C=O) groups is 1. The molecule has 2 unspecified atom stereocenters. The zero-order valence-corrected chi connectivity index (χ0v) is 18.4. The Balaban J connectivity index is 2.21. The van der Waals surface area contributed by atoms with Crippen molar-refractivity contribution in [2.45, 2.75) is 40.2 Å². The second kappa shape index (κ2) is 9.87. The number of non-ortho nitro benzene ring substituents is 1. The number of nitrogens with one attached hydrogen (secondary N) is 1. The van der Waals surface area contributed by atoms with E-state index < -0.39 is 24.5 Å². The Morgan fingerprint density at radius 3 is 2.27 bits per heavy atom. The van der Waals surface area contributed by atoms with Crippen molar-refractivity contribution in [1.29, 1.82) is 0 Å². The van der Waals surface area contributed by atoms with Crippen molar-refractivity contribution in [3.8, 4) is 5.75 Å². The maximum absolute atomic E-state index is 13.7. The molecule has 9 heteroatoms. The van der Waals surface area contributed by atoms with E-state index in [1.807, 2.05) is 20.8 Å². The Morgan fingerprint density at radius 1 is 1.13 bits per heavy atom. The van der Waals surface area contributed by atoms with Gasteiger partial charge in [0.05, 0.1) is 16.8 Å². The average molecular weight is 434 g/mol. The molecule has 2 atom stereocenters. The highest BCUT2D eigenvalue weighted by molar-refractivity contribution is 7.65. The van der Waals surface area contributed by atoms with Crippen LogP contribution in [-0.2, 0) is 14.1 Å². The Labute approximate surface area is 176 Å². The summed E-state index contributed by atoms with van der Waals surface area (Å²) in [6.45, 7) is 7.90. The summed E-state index contributed by atoms with van der Waals surface area (Å²) in [6.07, 6.45) is 0.686. The van der Waals surface area contributed by atoms with Gasteiger partial charge in [-0.05, 0) is 43.0 Å². The Morgan fingerprint density at radius 2 is 1.73 bits per heavy atom. The molecule has 0 aliphatic heterocycles. The standard InChI is InChI=1S/C21H27N2O6P/c1-16(20(24)28-15-14-21(2,3)4)22-30(27,29-18-8-6-5-7-9-18)19-12-10-17(11-13-19)23(25)26/h5-13,16H,14-15H2,1-4H3,(H,22,27). The van der Waals surface area contributed by atoms with E-state index in [2.05, 4.69) is 5.09 Å². The van der Waals surface area contributed by atoms with E-state index >= 15 is 0 Å². The van der Waals surface area contributed by atoms with Crippen LogP contribution in [0.2, 0.25) is 0 Å². The first kappa shape index (κ1) is 23.6. The summed E-state index contributed by atoms with van der Waals surface area (Å²) in [7, 11) is -3.79. The van der Waals surface area contributed by atoms with E-state index in [9.17, 15) is 19.5 Å². The van der Waals surface area contributed by atoms with Crippen molar-refractivity contribution in [2.75, 3.05) is 6.61 Å². The molecule has 0 aliphatic rings. The molecule has 162 valence electrons. The third-order valence-corrected chi connectivity index (χ3v) is 6.36. The smallest absolute Gasteiger partial charge is 0.347 e. The largest absolute Gasteiger partial charge is 0.465 e. The van der Waals surface area contributed by atoms with E-state index in [-0.39, 0.29) is 23.0 Å². The van der Waals surface area contributed by atoms with Gasteiger partial charge in [-0.3, -0.25) is 19.5 Å². The van der Waals surface area contributed by atoms with Crippen LogP contribution in [0.3, 0.4) is 0 Å². The van der Waals surface area contributed by atoms with Gasteiger partial charge < -0.3 is 9.26 Å². The van der Waals surface area contributed by atoms with Crippen molar-refractivity contribution >= 4 is 24.5 Å². The van der Waals surface area contributed by atoms with Crippen LogP contribution in [0.1, 0.15) is 34.1 Å². The number of benzene rings is 2. The molecule has 0 spiro atoms. The number of hydrogen-bond donors (Lipinski definition) is 1. The number of para-hydroxylation sites is 1. The van der Waals surface area contributed by atoms with Gasteiger partial charge in [-0.1, -0.05) is 39.0 Å². The van der Waals surface area contributed by atoms with Gasteiger partial charge >= 0.3 is 13.5 Å². The summed E-state index contributed by atoms with van der Waals surface area (Å²) >= 11 is 0. The van der Waals surface area contributed by atoms with Gasteiger partial charge in [-0.15, -0.1) is 0 Å². The maximum atomic E-state index is 13.7. The predicted octanol–water partition coefficient (Wildman–Crippen LogP) is 4.45. The van der Waals surface area contributed by atoms with Gasteiger partial charge in [0, 0.05) is 12.1 Å². The Kier molecular flexibility index (Phi) is 7.76. The predicted molar refractivity (Wildman–Crippen MR) is 115 cm³/mol. The van der Waals surface area contributed by atoms with E-state index in [1.54, 1.807) is 30.3 Å². The number of nitrogens with zero attached hydrogens (tertiary/aromatic N) is 1. The molecule has 0 fully saturated rings. The first-order valence-corrected chi connectivity index (χ1v) is 11.2. The highest BCUT2D eigenvalue weighted by Crippen LogP contribution is 2.43. The summed E-state index contributed by atoms with van der Waals surface area (Å²) in [4.78, 5) is 22.8. The molecular formula is C21H27N2O6P. The number of rotatable bonds is 9. The Bertz CT molecular complexity index is 909. The second-order valence-corrected chi connectivity index (χ2v) is 10.1. The third kappa shape index (κ3) is 6.97. The lowest BCUT2D eigenvalue weighted by Crippen LogP contribution is -2.37. The number of hydrogen-bond acceptors (Lipinski definition) is 6. The van der Waals surface area contributed by atoms with Crippen LogP contribution < -0.4 is 14.9 Å². The van der Waals surface area contributed by atoms with Crippen molar-refractivity contribution in [3.05, 3.63) is 64.7 Å². The number of ether oxygens (including phenoxy) is 1. The summed E-state index contributed by atoms with van der Waals surface area (Å²) in [5, 5.41) is 13.9. The van der Waals surface area contributed by atoms with Crippen molar-refractivity contribution in [2.24, 2.45) is 5.41 Å². The quantitative estimate of drug-likeness (QED) is 0.269. The molecule has 0 aromatic heterocycles. The van der Waals surface area contributed by atoms with Crippen LogP contribution in [0, 0.1) is 15.5 Å². The molecule has 0 amide bonds. The van der Waals surface area contributed by atoms with Gasteiger partial charge in [-0.25, -0.2) is 5.09 Å². The summed E-state index contributed by atoms with van der Waals surface area (Å²) in [6, 6.07) is 12.8. The van der Waals surface area contributed by atoms with E-state index in [0.717, 1.165) is 0 Å². The van der Waals surface area contributed by atoms with Crippen LogP contribution in [0.5, 0.6) is 5.75 Å². The zero-order chi connectivity index (χ0) is 22.4. The molecule has 8 nitrogen and oxygen atoms in total. The van der Waals surface area contributed by atoms with Crippen LogP contribution in [0.4, 0.5) is 5.69 Å². The zero-order valence-electron chi connectivity index (χ0n) is 17.5. The molecule has 1 N–H and O–H groups in total. The normalized spacial score (nSPS) is 14.4. The minimum atomic E-state index is -3.79. The lowest BCUT2D eigenvalue weighted by atomic mass is 9.93. The summed E-state index contributed by atoms with van der Waals surface area (Å²) < 4.78 is 24.7. The molecule has 0 saturated carbocycles. The van der Waals surface area contributed by atoms with Gasteiger partial charge in [0.25, 0.3) is 5.69 Å². The fourth-order valence-electron chi connectivity index (χ4n) is 2.44. The molecule has 30 heavy (non-hydrogen) atoms. The first-order valence-electron chi connectivity index (χ1n) is 9.54. The van der Waals surface area contributed by atoms with Gasteiger partial charge in [0.2, 0.25) is 0 Å². The van der Waals surface area contributed by atoms with Crippen molar-refractivity contribution < 1.29 is 23.5 Å². The van der Waals surface area contributed by atoms with E-state index in [4.69, 9.17) is 9.26 Å². The minimum absolute atomic E-state index is 0.0153. The monoisotopic (exact) mass is 434 g/mol. The lowest BCUT2D eigenvalue weighted by molar-refractivity contribution is -0.384. The first-order chi connectivity index (χ1) is 14.0. The van der Waals surface area contributed by atoms with Crippen molar-refractivity contribution in [1.82, 2.24) is 5.09 Å². The fourth-order valence-corrected chi connectivity index (χ4v) is 4.33. The molecule has 2 rings (SSSR count).